The van der Waals surface area contributed by atoms with Crippen molar-refractivity contribution in [2.24, 2.45) is 0 Å². The van der Waals surface area contributed by atoms with Crippen LogP contribution in [0.4, 0.5) is 0 Å². The fourth-order valence-corrected chi connectivity index (χ4v) is 2.89. The van der Waals surface area contributed by atoms with E-state index in [0.717, 1.165) is 23.9 Å². The van der Waals surface area contributed by atoms with Crippen molar-refractivity contribution in [3.63, 3.8) is 0 Å². The quantitative estimate of drug-likeness (QED) is 0.548. The smallest absolute Gasteiger partial charge is 0.294 e. The van der Waals surface area contributed by atoms with Crippen LogP contribution in [-0.4, -0.2) is 21.5 Å². The maximum atomic E-state index is 12.3. The minimum atomic E-state index is -0.246. The van der Waals surface area contributed by atoms with Crippen molar-refractivity contribution in [2.75, 3.05) is 6.54 Å². The van der Waals surface area contributed by atoms with Gasteiger partial charge in [0.15, 0.2) is 0 Å². The van der Waals surface area contributed by atoms with Gasteiger partial charge in [-0.1, -0.05) is 11.6 Å². The Bertz CT molecular complexity index is 1080. The molecule has 126 valence electrons. The van der Waals surface area contributed by atoms with Gasteiger partial charge in [-0.25, -0.2) is 4.98 Å². The molecule has 4 rings (SSSR count). The minimum Gasteiger partial charge on any atom is -0.449 e. The molecule has 0 spiro atoms. The first-order valence-electron chi connectivity index (χ1n) is 8.22. The van der Waals surface area contributed by atoms with E-state index < -0.39 is 0 Å². The zero-order valence-electron chi connectivity index (χ0n) is 13.9. The summed E-state index contributed by atoms with van der Waals surface area (Å²) in [7, 11) is 0. The minimum absolute atomic E-state index is 0.246. The van der Waals surface area contributed by atoms with Crippen molar-refractivity contribution in [2.45, 2.75) is 19.9 Å². The van der Waals surface area contributed by atoms with Crippen molar-refractivity contribution < 1.29 is 4.42 Å². The van der Waals surface area contributed by atoms with E-state index in [9.17, 15) is 4.79 Å². The Morgan fingerprint density at radius 1 is 1.20 bits per heavy atom. The molecule has 0 atom stereocenters. The van der Waals surface area contributed by atoms with Gasteiger partial charge in [-0.2, -0.15) is 0 Å². The van der Waals surface area contributed by atoms with Gasteiger partial charge in [-0.3, -0.25) is 9.78 Å². The second-order valence-corrected chi connectivity index (χ2v) is 6.07. The van der Waals surface area contributed by atoms with Gasteiger partial charge in [0.2, 0.25) is 5.58 Å². The van der Waals surface area contributed by atoms with Crippen LogP contribution in [0.1, 0.15) is 17.0 Å². The summed E-state index contributed by atoms with van der Waals surface area (Å²) in [6.45, 7) is 3.29. The summed E-state index contributed by atoms with van der Waals surface area (Å²) in [6.07, 6.45) is 4.46. The average Bonchev–Trinajstić information content (AvgIpc) is 2.98. The number of fused-ring (bicyclic) bond motifs is 3. The molecule has 0 saturated carbocycles. The number of aromatic nitrogens is 3. The fourth-order valence-electron chi connectivity index (χ4n) is 2.89. The van der Waals surface area contributed by atoms with Crippen molar-refractivity contribution in [1.82, 2.24) is 20.3 Å². The van der Waals surface area contributed by atoms with Crippen LogP contribution >= 0.6 is 0 Å². The lowest BCUT2D eigenvalue weighted by atomic mass is 10.2. The highest BCUT2D eigenvalue weighted by atomic mass is 16.3. The molecule has 1 aromatic carbocycles. The summed E-state index contributed by atoms with van der Waals surface area (Å²) in [4.78, 5) is 23.7. The Balaban J connectivity index is 1.55. The third-order valence-corrected chi connectivity index (χ3v) is 4.16. The maximum Gasteiger partial charge on any atom is 0.294 e. The molecule has 0 fully saturated rings. The predicted molar refractivity (Wildman–Crippen MR) is 96.5 cm³/mol. The monoisotopic (exact) mass is 334 g/mol. The zero-order valence-corrected chi connectivity index (χ0v) is 13.9. The van der Waals surface area contributed by atoms with E-state index in [1.165, 1.54) is 5.56 Å². The largest absolute Gasteiger partial charge is 0.449 e. The number of aryl methyl sites for hydroxylation is 1. The molecule has 4 aromatic rings. The van der Waals surface area contributed by atoms with Crippen LogP contribution in [0.5, 0.6) is 0 Å². The fraction of sp³-hybridized carbons (Fsp3) is 0.211. The van der Waals surface area contributed by atoms with Gasteiger partial charge < -0.3 is 14.7 Å². The Labute approximate surface area is 143 Å². The Kier molecular flexibility index (Phi) is 4.03. The van der Waals surface area contributed by atoms with Crippen molar-refractivity contribution in [1.29, 1.82) is 0 Å². The number of nitrogens with one attached hydrogen (secondary N) is 2. The van der Waals surface area contributed by atoms with E-state index in [4.69, 9.17) is 4.42 Å². The molecule has 0 aliphatic carbocycles. The molecule has 6 heteroatoms. The normalized spacial score (nSPS) is 11.4. The second-order valence-electron chi connectivity index (χ2n) is 6.07. The molecular weight excluding hydrogens is 316 g/mol. The molecule has 0 aliphatic rings. The molecule has 0 aliphatic heterocycles. The van der Waals surface area contributed by atoms with Gasteiger partial charge in [0.05, 0.1) is 6.54 Å². The molecule has 0 amide bonds. The van der Waals surface area contributed by atoms with Crippen molar-refractivity contribution in [3.05, 3.63) is 70.0 Å². The number of nitrogens with zero attached hydrogens (tertiary/aromatic N) is 2. The maximum absolute atomic E-state index is 12.3. The number of aromatic amines is 1. The number of hydrogen-bond acceptors (Lipinski definition) is 5. The first kappa shape index (κ1) is 15.5. The topological polar surface area (TPSA) is 83.8 Å². The Morgan fingerprint density at radius 2 is 2.04 bits per heavy atom. The highest BCUT2D eigenvalue weighted by Crippen LogP contribution is 2.25. The summed E-state index contributed by atoms with van der Waals surface area (Å²) in [6, 6.07) is 9.81. The van der Waals surface area contributed by atoms with E-state index in [-0.39, 0.29) is 11.1 Å². The van der Waals surface area contributed by atoms with Crippen LogP contribution < -0.4 is 10.9 Å². The standard InChI is InChI=1S/C19H18N4O2/c1-12-2-3-15-14(10-12)17-18(25-15)19(24)23-16(22-17)11-21-9-6-13-4-7-20-8-5-13/h2-5,7-8,10,21H,6,9,11H2,1H3,(H,22,23,24). The van der Waals surface area contributed by atoms with E-state index >= 15 is 0 Å². The molecular formula is C19H18N4O2. The zero-order chi connectivity index (χ0) is 17.2. The molecule has 0 saturated heterocycles. The van der Waals surface area contributed by atoms with Gasteiger partial charge in [0, 0.05) is 17.8 Å². The first-order valence-corrected chi connectivity index (χ1v) is 8.22. The lowest BCUT2D eigenvalue weighted by Crippen LogP contribution is -2.21. The van der Waals surface area contributed by atoms with Crippen LogP contribution in [-0.2, 0) is 13.0 Å². The van der Waals surface area contributed by atoms with Gasteiger partial charge >= 0.3 is 0 Å². The van der Waals surface area contributed by atoms with Gasteiger partial charge in [0.1, 0.15) is 16.9 Å². The predicted octanol–water partition coefficient (Wildman–Crippen LogP) is 2.71. The second kappa shape index (κ2) is 6.49. The average molecular weight is 334 g/mol. The number of furan rings is 1. The summed E-state index contributed by atoms with van der Waals surface area (Å²) in [5.74, 6) is 0.608. The highest BCUT2D eigenvalue weighted by Gasteiger charge is 2.13. The van der Waals surface area contributed by atoms with Crippen LogP contribution in [0.3, 0.4) is 0 Å². The van der Waals surface area contributed by atoms with E-state index in [0.29, 0.717) is 23.5 Å². The van der Waals surface area contributed by atoms with Crippen molar-refractivity contribution in [3.8, 4) is 0 Å². The van der Waals surface area contributed by atoms with Crippen LogP contribution in [0.25, 0.3) is 22.1 Å². The molecule has 6 nitrogen and oxygen atoms in total. The van der Waals surface area contributed by atoms with E-state index in [2.05, 4.69) is 20.3 Å². The van der Waals surface area contributed by atoms with E-state index in [1.807, 2.05) is 37.3 Å². The summed E-state index contributed by atoms with van der Waals surface area (Å²) in [5.41, 5.74) is 3.66. The van der Waals surface area contributed by atoms with Crippen molar-refractivity contribution >= 4 is 22.1 Å². The summed E-state index contributed by atoms with van der Waals surface area (Å²) >= 11 is 0. The number of hydrogen-bond donors (Lipinski definition) is 2. The van der Waals surface area contributed by atoms with Crippen LogP contribution in [0.15, 0.2) is 51.9 Å². The van der Waals surface area contributed by atoms with Gasteiger partial charge in [-0.05, 0) is 49.7 Å². The van der Waals surface area contributed by atoms with Crippen LogP contribution in [0.2, 0.25) is 0 Å². The molecule has 0 bridgehead atoms. The van der Waals surface area contributed by atoms with Gasteiger partial charge in [0.25, 0.3) is 5.56 Å². The Morgan fingerprint density at radius 3 is 2.88 bits per heavy atom. The van der Waals surface area contributed by atoms with E-state index in [1.54, 1.807) is 12.4 Å². The first-order chi connectivity index (χ1) is 12.2. The molecule has 0 radical (unpaired) electrons. The number of rotatable bonds is 5. The van der Waals surface area contributed by atoms with Gasteiger partial charge in [-0.15, -0.1) is 0 Å². The lowest BCUT2D eigenvalue weighted by Gasteiger charge is -2.04. The molecule has 3 heterocycles. The molecule has 3 aromatic heterocycles. The Hall–Kier alpha value is -2.99. The SMILES string of the molecule is Cc1ccc2oc3c(=O)[nH]c(CNCCc4ccncc4)nc3c2c1. The number of H-pyrrole nitrogens is 1. The third-order valence-electron chi connectivity index (χ3n) is 4.16. The third kappa shape index (κ3) is 3.16. The lowest BCUT2D eigenvalue weighted by molar-refractivity contribution is 0.644. The molecule has 2 N–H and O–H groups in total. The number of benzene rings is 1. The number of pyridine rings is 1. The molecule has 25 heavy (non-hydrogen) atoms. The molecule has 0 unspecified atom stereocenters. The summed E-state index contributed by atoms with van der Waals surface area (Å²) < 4.78 is 5.64. The summed E-state index contributed by atoms with van der Waals surface area (Å²) in [5, 5.41) is 4.18. The highest BCUT2D eigenvalue weighted by molar-refractivity contribution is 6.02. The van der Waals surface area contributed by atoms with Crippen LogP contribution in [0, 0.1) is 6.92 Å².